The molecule has 0 aliphatic carbocycles. The molecule has 0 atom stereocenters. The summed E-state index contributed by atoms with van der Waals surface area (Å²) in [6.45, 7) is 2.81. The highest BCUT2D eigenvalue weighted by atomic mass is 19.1. The highest BCUT2D eigenvalue weighted by Gasteiger charge is 2.15. The molecule has 3 rings (SSSR count). The summed E-state index contributed by atoms with van der Waals surface area (Å²) in [4.78, 5) is 16.7. The summed E-state index contributed by atoms with van der Waals surface area (Å²) in [5.74, 6) is -0.228. The molecule has 0 fully saturated rings. The van der Waals surface area contributed by atoms with Crippen molar-refractivity contribution in [2.45, 2.75) is 32.6 Å². The van der Waals surface area contributed by atoms with Crippen LogP contribution in [0.5, 0.6) is 0 Å². The Morgan fingerprint density at radius 2 is 2.00 bits per heavy atom. The quantitative estimate of drug-likeness (QED) is 0.662. The number of hydrogen-bond acceptors (Lipinski definition) is 2. The lowest BCUT2D eigenvalue weighted by Crippen LogP contribution is -2.24. The molecule has 0 spiro atoms. The van der Waals surface area contributed by atoms with Gasteiger partial charge in [0.2, 0.25) is 5.91 Å². The van der Waals surface area contributed by atoms with Crippen molar-refractivity contribution in [1.29, 1.82) is 0 Å². The van der Waals surface area contributed by atoms with Crippen molar-refractivity contribution in [3.63, 3.8) is 0 Å². The fraction of sp³-hybridized carbons (Fsp3) is 0.300. The number of hydrogen-bond donors (Lipinski definition) is 1. The van der Waals surface area contributed by atoms with Crippen LogP contribution in [0.15, 0.2) is 48.7 Å². The highest BCUT2D eigenvalue weighted by Crippen LogP contribution is 2.25. The van der Waals surface area contributed by atoms with Gasteiger partial charge in [0, 0.05) is 24.7 Å². The summed E-state index contributed by atoms with van der Waals surface area (Å²) < 4.78 is 15.2. The Kier molecular flexibility index (Phi) is 5.43. The van der Waals surface area contributed by atoms with Crippen LogP contribution in [0.4, 0.5) is 4.39 Å². The van der Waals surface area contributed by atoms with Crippen LogP contribution >= 0.6 is 0 Å². The minimum absolute atomic E-state index is 0.0457. The lowest BCUT2D eigenvalue weighted by atomic mass is 10.1. The average Bonchev–Trinajstić information content (AvgIpc) is 2.99. The molecule has 25 heavy (non-hydrogen) atoms. The lowest BCUT2D eigenvalue weighted by Gasteiger charge is -2.07. The number of benzene rings is 1. The summed E-state index contributed by atoms with van der Waals surface area (Å²) in [6.07, 6.45) is 4.97. The van der Waals surface area contributed by atoms with E-state index in [-0.39, 0.29) is 11.7 Å². The molecular weight excluding hydrogens is 317 g/mol. The minimum atomic E-state index is -0.274. The monoisotopic (exact) mass is 339 g/mol. The number of rotatable bonds is 7. The molecule has 0 saturated carbocycles. The predicted octanol–water partition coefficient (Wildman–Crippen LogP) is 3.99. The van der Waals surface area contributed by atoms with E-state index < -0.39 is 0 Å². The molecule has 0 radical (unpaired) electrons. The van der Waals surface area contributed by atoms with Gasteiger partial charge < -0.3 is 9.72 Å². The molecule has 1 N–H and O–H groups in total. The van der Waals surface area contributed by atoms with E-state index >= 15 is 0 Å². The zero-order valence-corrected chi connectivity index (χ0v) is 14.3. The van der Waals surface area contributed by atoms with Gasteiger partial charge in [0.25, 0.3) is 0 Å². The number of aryl methyl sites for hydroxylation is 1. The largest absolute Gasteiger partial charge is 0.356 e. The van der Waals surface area contributed by atoms with Crippen LogP contribution in [0.25, 0.3) is 16.9 Å². The van der Waals surface area contributed by atoms with E-state index in [1.807, 2.05) is 28.8 Å². The molecule has 1 amide bonds. The smallest absolute Gasteiger partial charge is 0.220 e. The van der Waals surface area contributed by atoms with Crippen molar-refractivity contribution >= 4 is 11.6 Å². The van der Waals surface area contributed by atoms with Crippen molar-refractivity contribution in [2.24, 2.45) is 0 Å². The van der Waals surface area contributed by atoms with Crippen LogP contribution in [0.3, 0.4) is 0 Å². The first-order valence-corrected chi connectivity index (χ1v) is 8.67. The van der Waals surface area contributed by atoms with Gasteiger partial charge in [-0.3, -0.25) is 4.79 Å². The topological polar surface area (TPSA) is 46.4 Å². The molecule has 0 bridgehead atoms. The second-order valence-corrected chi connectivity index (χ2v) is 6.05. The zero-order valence-electron chi connectivity index (χ0n) is 14.3. The van der Waals surface area contributed by atoms with Crippen LogP contribution in [-0.4, -0.2) is 21.8 Å². The van der Waals surface area contributed by atoms with Gasteiger partial charge in [-0.2, -0.15) is 0 Å². The lowest BCUT2D eigenvalue weighted by molar-refractivity contribution is -0.121. The van der Waals surface area contributed by atoms with Gasteiger partial charge in [0.15, 0.2) is 0 Å². The molecule has 2 aromatic heterocycles. The fourth-order valence-electron chi connectivity index (χ4n) is 2.85. The Labute approximate surface area is 146 Å². The third-order valence-electron chi connectivity index (χ3n) is 4.19. The summed E-state index contributed by atoms with van der Waals surface area (Å²) in [5, 5.41) is 2.94. The number of nitrogens with zero attached hydrogens (tertiary/aromatic N) is 2. The zero-order chi connectivity index (χ0) is 17.6. The third-order valence-corrected chi connectivity index (χ3v) is 4.19. The van der Waals surface area contributed by atoms with Crippen molar-refractivity contribution in [2.75, 3.05) is 6.54 Å². The van der Waals surface area contributed by atoms with Crippen molar-refractivity contribution in [1.82, 2.24) is 14.7 Å². The number of imidazole rings is 1. The Hall–Kier alpha value is -2.69. The highest BCUT2D eigenvalue weighted by molar-refractivity contribution is 5.76. The van der Waals surface area contributed by atoms with Gasteiger partial charge in [-0.05, 0) is 49.2 Å². The molecule has 0 aliphatic rings. The summed E-state index contributed by atoms with van der Waals surface area (Å²) in [5.41, 5.74) is 3.44. The number of halogens is 1. The van der Waals surface area contributed by atoms with E-state index in [1.54, 1.807) is 12.1 Å². The molecule has 2 heterocycles. The first-order chi connectivity index (χ1) is 12.2. The third kappa shape index (κ3) is 4.05. The van der Waals surface area contributed by atoms with Crippen LogP contribution in [0.1, 0.15) is 31.9 Å². The van der Waals surface area contributed by atoms with Crippen LogP contribution in [0.2, 0.25) is 0 Å². The summed E-state index contributed by atoms with van der Waals surface area (Å²) in [7, 11) is 0. The Balaban J connectivity index is 1.86. The van der Waals surface area contributed by atoms with E-state index in [0.717, 1.165) is 35.4 Å². The van der Waals surface area contributed by atoms with Crippen molar-refractivity contribution < 1.29 is 9.18 Å². The maximum atomic E-state index is 13.2. The number of nitrogens with one attached hydrogen (secondary N) is 1. The van der Waals surface area contributed by atoms with Crippen molar-refractivity contribution in [3.8, 4) is 11.3 Å². The maximum absolute atomic E-state index is 13.2. The van der Waals surface area contributed by atoms with Crippen LogP contribution in [-0.2, 0) is 11.2 Å². The molecule has 0 saturated heterocycles. The molecular formula is C20H22FN3O. The van der Waals surface area contributed by atoms with Gasteiger partial charge >= 0.3 is 0 Å². The molecule has 4 nitrogen and oxygen atoms in total. The van der Waals surface area contributed by atoms with Gasteiger partial charge in [0.05, 0.1) is 11.4 Å². The van der Waals surface area contributed by atoms with E-state index in [9.17, 15) is 9.18 Å². The maximum Gasteiger partial charge on any atom is 0.220 e. The number of unbranched alkanes of at least 4 members (excludes halogenated alkanes) is 1. The van der Waals surface area contributed by atoms with E-state index in [2.05, 4.69) is 17.2 Å². The number of fused-ring (bicyclic) bond motifs is 1. The number of amides is 1. The summed E-state index contributed by atoms with van der Waals surface area (Å²) >= 11 is 0. The fourth-order valence-corrected chi connectivity index (χ4v) is 2.85. The second kappa shape index (κ2) is 7.92. The van der Waals surface area contributed by atoms with E-state index in [1.165, 1.54) is 12.1 Å². The van der Waals surface area contributed by atoms with Crippen LogP contribution < -0.4 is 5.32 Å². The molecule has 1 aromatic carbocycles. The summed E-state index contributed by atoms with van der Waals surface area (Å²) in [6, 6.07) is 12.1. The SMILES string of the molecule is CCCCNC(=O)CCc1c(-c2ccc(F)cc2)nc2ccccn12. The number of carbonyl (C=O) groups excluding carboxylic acids is 1. The van der Waals surface area contributed by atoms with E-state index in [0.29, 0.717) is 19.4 Å². The first-order valence-electron chi connectivity index (χ1n) is 8.67. The minimum Gasteiger partial charge on any atom is -0.356 e. The Bertz CT molecular complexity index is 855. The van der Waals surface area contributed by atoms with Crippen LogP contribution in [0, 0.1) is 5.82 Å². The van der Waals surface area contributed by atoms with Gasteiger partial charge in [-0.15, -0.1) is 0 Å². The second-order valence-electron chi connectivity index (χ2n) is 6.05. The molecule has 3 aromatic rings. The normalized spacial score (nSPS) is 11.0. The standard InChI is InChI=1S/C20H22FN3O/c1-2-3-13-22-19(25)12-11-17-20(15-7-9-16(21)10-8-15)23-18-6-4-5-14-24(17)18/h4-10,14H,2-3,11-13H2,1H3,(H,22,25). The van der Waals surface area contributed by atoms with Gasteiger partial charge in [-0.1, -0.05) is 19.4 Å². The molecule has 0 aliphatic heterocycles. The van der Waals surface area contributed by atoms with Gasteiger partial charge in [0.1, 0.15) is 11.5 Å². The molecule has 130 valence electrons. The Morgan fingerprint density at radius 1 is 1.20 bits per heavy atom. The average molecular weight is 339 g/mol. The Morgan fingerprint density at radius 3 is 2.76 bits per heavy atom. The number of aromatic nitrogens is 2. The molecule has 5 heteroatoms. The predicted molar refractivity (Wildman–Crippen MR) is 96.8 cm³/mol. The number of pyridine rings is 1. The van der Waals surface area contributed by atoms with E-state index in [4.69, 9.17) is 0 Å². The van der Waals surface area contributed by atoms with Gasteiger partial charge in [-0.25, -0.2) is 9.37 Å². The number of carbonyl (C=O) groups is 1. The van der Waals surface area contributed by atoms with Crippen molar-refractivity contribution in [3.05, 3.63) is 60.2 Å². The molecule has 0 unspecified atom stereocenters. The first kappa shape index (κ1) is 17.1.